The second-order valence-corrected chi connectivity index (χ2v) is 8.04. The molecule has 0 aliphatic carbocycles. The summed E-state index contributed by atoms with van der Waals surface area (Å²) in [5.74, 6) is 1.97. The average Bonchev–Trinajstić information content (AvgIpc) is 2.71. The van der Waals surface area contributed by atoms with Crippen LogP contribution in [0.5, 0.6) is 11.5 Å². The number of hydrogen-bond donors (Lipinski definition) is 2. The number of aryl methyl sites for hydroxylation is 2. The molecule has 0 fully saturated rings. The molecule has 0 saturated carbocycles. The number of hydrogen-bond acceptors (Lipinski definition) is 4. The van der Waals surface area contributed by atoms with Crippen LogP contribution in [0.25, 0.3) is 0 Å². The van der Waals surface area contributed by atoms with Gasteiger partial charge in [0.2, 0.25) is 0 Å². The highest BCUT2D eigenvalue weighted by Gasteiger charge is 2.07. The van der Waals surface area contributed by atoms with Crippen LogP contribution in [0.2, 0.25) is 0 Å². The second-order valence-electron chi connectivity index (χ2n) is 8.04. The molecule has 0 radical (unpaired) electrons. The lowest BCUT2D eigenvalue weighted by Crippen LogP contribution is -2.16. The van der Waals surface area contributed by atoms with Gasteiger partial charge in [-0.3, -0.25) is 0 Å². The van der Waals surface area contributed by atoms with Crippen LogP contribution in [-0.2, 0) is 13.1 Å². The number of fused-ring (bicyclic) bond motifs is 2. The normalized spacial score (nSPS) is 17.4. The van der Waals surface area contributed by atoms with Gasteiger partial charge in [0.15, 0.2) is 0 Å². The summed E-state index contributed by atoms with van der Waals surface area (Å²) in [7, 11) is 0. The predicted molar refractivity (Wildman–Crippen MR) is 120 cm³/mol. The molecule has 0 aromatic heterocycles. The molecule has 2 aromatic rings. The van der Waals surface area contributed by atoms with E-state index in [0.717, 1.165) is 44.1 Å². The molecule has 0 atom stereocenters. The van der Waals surface area contributed by atoms with Crippen molar-refractivity contribution < 1.29 is 9.47 Å². The largest absolute Gasteiger partial charge is 0.493 e. The van der Waals surface area contributed by atoms with Gasteiger partial charge in [-0.2, -0.15) is 0 Å². The Hall–Kier alpha value is -2.04. The van der Waals surface area contributed by atoms with Gasteiger partial charge in [0.25, 0.3) is 0 Å². The van der Waals surface area contributed by atoms with Crippen LogP contribution >= 0.6 is 0 Å². The van der Waals surface area contributed by atoms with E-state index in [1.807, 2.05) is 0 Å². The molecule has 0 amide bonds. The molecule has 2 N–H and O–H groups in total. The van der Waals surface area contributed by atoms with Crippen LogP contribution in [0.3, 0.4) is 0 Å². The summed E-state index contributed by atoms with van der Waals surface area (Å²) in [6.07, 6.45) is 5.84. The molecule has 2 aromatic carbocycles. The average molecular weight is 397 g/mol. The first-order chi connectivity index (χ1) is 14.2. The summed E-state index contributed by atoms with van der Waals surface area (Å²) >= 11 is 0. The fourth-order valence-corrected chi connectivity index (χ4v) is 3.70. The molecule has 1 aliphatic heterocycles. The third-order valence-electron chi connectivity index (χ3n) is 5.32. The van der Waals surface area contributed by atoms with E-state index < -0.39 is 0 Å². The van der Waals surface area contributed by atoms with Crippen molar-refractivity contribution in [2.45, 2.75) is 59.0 Å². The van der Waals surface area contributed by atoms with Gasteiger partial charge in [-0.1, -0.05) is 48.2 Å². The Labute approximate surface area is 176 Å². The highest BCUT2D eigenvalue weighted by atomic mass is 16.5. The van der Waals surface area contributed by atoms with E-state index >= 15 is 0 Å². The van der Waals surface area contributed by atoms with Gasteiger partial charge in [-0.25, -0.2) is 0 Å². The summed E-state index contributed by atoms with van der Waals surface area (Å²) in [6.45, 7) is 9.43. The zero-order valence-corrected chi connectivity index (χ0v) is 18.1. The van der Waals surface area contributed by atoms with Crippen molar-refractivity contribution in [2.24, 2.45) is 0 Å². The number of benzene rings is 2. The Morgan fingerprint density at radius 2 is 1.10 bits per heavy atom. The van der Waals surface area contributed by atoms with Crippen molar-refractivity contribution in [3.8, 4) is 11.5 Å². The number of ether oxygens (including phenoxy) is 2. The van der Waals surface area contributed by atoms with E-state index in [-0.39, 0.29) is 0 Å². The topological polar surface area (TPSA) is 42.5 Å². The molecule has 0 spiro atoms. The van der Waals surface area contributed by atoms with Gasteiger partial charge >= 0.3 is 0 Å². The van der Waals surface area contributed by atoms with Crippen LogP contribution in [0.1, 0.15) is 54.4 Å². The lowest BCUT2D eigenvalue weighted by atomic mass is 10.1. The zero-order chi connectivity index (χ0) is 20.3. The lowest BCUT2D eigenvalue weighted by Gasteiger charge is -2.15. The molecule has 0 bridgehead atoms. The van der Waals surface area contributed by atoms with E-state index in [0.29, 0.717) is 13.2 Å². The third kappa shape index (κ3) is 7.37. The maximum atomic E-state index is 6.08. The summed E-state index contributed by atoms with van der Waals surface area (Å²) in [6, 6.07) is 12.9. The first-order valence-corrected chi connectivity index (χ1v) is 11.1. The standard InChI is InChI=1S/C25H36N2O2/c1-20-8-10-24-22(16-20)18-26-12-5-3-4-6-13-27-19-23-17-21(2)9-11-25(23)29-15-7-14-28-24/h8-11,16-17,26-27H,3-7,12-15,18-19H2,1-2H3. The predicted octanol–water partition coefficient (Wildman–Crippen LogP) is 4.90. The van der Waals surface area contributed by atoms with Crippen LogP contribution in [0, 0.1) is 13.8 Å². The molecule has 1 heterocycles. The maximum absolute atomic E-state index is 6.08. The molecule has 3 rings (SSSR count). The van der Waals surface area contributed by atoms with E-state index in [1.54, 1.807) is 0 Å². The molecule has 0 unspecified atom stereocenters. The van der Waals surface area contributed by atoms with Crippen LogP contribution in [-0.4, -0.2) is 26.3 Å². The first-order valence-electron chi connectivity index (χ1n) is 11.1. The van der Waals surface area contributed by atoms with Gasteiger partial charge in [0.1, 0.15) is 11.5 Å². The lowest BCUT2D eigenvalue weighted by molar-refractivity contribution is 0.244. The zero-order valence-electron chi connectivity index (χ0n) is 18.1. The molecule has 4 nitrogen and oxygen atoms in total. The van der Waals surface area contributed by atoms with Gasteiger partial charge < -0.3 is 20.1 Å². The molecular weight excluding hydrogens is 360 g/mol. The molecule has 1 aliphatic rings. The van der Waals surface area contributed by atoms with Gasteiger partial charge in [0.05, 0.1) is 13.2 Å². The number of rotatable bonds is 0. The van der Waals surface area contributed by atoms with Crippen molar-refractivity contribution in [2.75, 3.05) is 26.3 Å². The SMILES string of the molecule is Cc1ccc2c(c1)CNCCCCCCNCc1cc(C)ccc1OCCCO2. The van der Waals surface area contributed by atoms with Crippen LogP contribution < -0.4 is 20.1 Å². The van der Waals surface area contributed by atoms with E-state index in [9.17, 15) is 0 Å². The van der Waals surface area contributed by atoms with Gasteiger partial charge in [-0.15, -0.1) is 0 Å². The monoisotopic (exact) mass is 396 g/mol. The Morgan fingerprint density at radius 3 is 1.59 bits per heavy atom. The summed E-state index contributed by atoms with van der Waals surface area (Å²) < 4.78 is 12.2. The highest BCUT2D eigenvalue weighted by Crippen LogP contribution is 2.22. The van der Waals surface area contributed by atoms with Crippen LogP contribution in [0.15, 0.2) is 36.4 Å². The fourth-order valence-electron chi connectivity index (χ4n) is 3.70. The molecule has 4 heteroatoms. The smallest absolute Gasteiger partial charge is 0.123 e. The Kier molecular flexibility index (Phi) is 8.84. The van der Waals surface area contributed by atoms with Gasteiger partial charge in [-0.05, 0) is 51.9 Å². The minimum Gasteiger partial charge on any atom is -0.493 e. The Morgan fingerprint density at radius 1 is 0.621 bits per heavy atom. The second kappa shape index (κ2) is 11.8. The van der Waals surface area contributed by atoms with E-state index in [1.165, 1.54) is 47.9 Å². The maximum Gasteiger partial charge on any atom is 0.123 e. The highest BCUT2D eigenvalue weighted by molar-refractivity contribution is 5.37. The van der Waals surface area contributed by atoms with E-state index in [4.69, 9.17) is 9.47 Å². The summed E-state index contributed by atoms with van der Waals surface area (Å²) in [4.78, 5) is 0. The number of nitrogens with one attached hydrogen (secondary N) is 2. The van der Waals surface area contributed by atoms with Gasteiger partial charge in [0, 0.05) is 30.6 Å². The Balaban J connectivity index is 1.63. The first kappa shape index (κ1) is 21.7. The van der Waals surface area contributed by atoms with Crippen molar-refractivity contribution in [3.63, 3.8) is 0 Å². The third-order valence-corrected chi connectivity index (χ3v) is 5.32. The minimum atomic E-state index is 0.662. The van der Waals surface area contributed by atoms with Crippen molar-refractivity contribution in [1.29, 1.82) is 0 Å². The molecule has 158 valence electrons. The molecule has 0 saturated heterocycles. The summed E-state index contributed by atoms with van der Waals surface area (Å²) in [5.41, 5.74) is 5.04. The van der Waals surface area contributed by atoms with E-state index in [2.05, 4.69) is 60.9 Å². The van der Waals surface area contributed by atoms with Crippen molar-refractivity contribution in [3.05, 3.63) is 58.7 Å². The minimum absolute atomic E-state index is 0.662. The van der Waals surface area contributed by atoms with Crippen molar-refractivity contribution in [1.82, 2.24) is 10.6 Å². The van der Waals surface area contributed by atoms with Crippen molar-refractivity contribution >= 4 is 0 Å². The summed E-state index contributed by atoms with van der Waals surface area (Å²) in [5, 5.41) is 7.16. The quantitative estimate of drug-likeness (QED) is 0.664. The van der Waals surface area contributed by atoms with Crippen LogP contribution in [0.4, 0.5) is 0 Å². The fraction of sp³-hybridized carbons (Fsp3) is 0.520. The molecule has 29 heavy (non-hydrogen) atoms. The molecular formula is C25H36N2O2. The Bertz CT molecular complexity index is 697.